The Balaban J connectivity index is 1.47. The maximum Gasteiger partial charge on any atom is 0.327 e. The van der Waals surface area contributed by atoms with Crippen LogP contribution in [0.3, 0.4) is 0 Å². The normalized spacial score (nSPS) is 17.2. The SMILES string of the molecule is CC1=C(c2nc(-c3ccc(C)cc3)no2)C(c2ccccc2)NC(=O)N1c1ccc2c(c1)OCCO2. The molecule has 8 heteroatoms. The predicted octanol–water partition coefficient (Wildman–Crippen LogP) is 5.52. The van der Waals surface area contributed by atoms with Crippen molar-refractivity contribution in [1.82, 2.24) is 15.5 Å². The number of aromatic nitrogens is 2. The van der Waals surface area contributed by atoms with Crippen molar-refractivity contribution >= 4 is 17.3 Å². The summed E-state index contributed by atoms with van der Waals surface area (Å²) < 4.78 is 17.2. The number of anilines is 1. The van der Waals surface area contributed by atoms with E-state index in [9.17, 15) is 4.79 Å². The average Bonchev–Trinajstić information content (AvgIpc) is 3.39. The van der Waals surface area contributed by atoms with Gasteiger partial charge >= 0.3 is 6.03 Å². The highest BCUT2D eigenvalue weighted by atomic mass is 16.6. The van der Waals surface area contributed by atoms with Crippen LogP contribution in [0.15, 0.2) is 83.0 Å². The Morgan fingerprint density at radius 2 is 1.67 bits per heavy atom. The molecule has 0 spiro atoms. The Morgan fingerprint density at radius 3 is 2.44 bits per heavy atom. The van der Waals surface area contributed by atoms with Gasteiger partial charge in [0.25, 0.3) is 5.89 Å². The fourth-order valence-corrected chi connectivity index (χ4v) is 4.55. The lowest BCUT2D eigenvalue weighted by atomic mass is 9.94. The predicted molar refractivity (Wildman–Crippen MR) is 135 cm³/mol. The highest BCUT2D eigenvalue weighted by Crippen LogP contribution is 2.41. The molecule has 0 aliphatic carbocycles. The van der Waals surface area contributed by atoms with Crippen LogP contribution < -0.4 is 19.7 Å². The lowest BCUT2D eigenvalue weighted by Crippen LogP contribution is -2.46. The molecule has 2 aliphatic heterocycles. The molecule has 2 aliphatic rings. The summed E-state index contributed by atoms with van der Waals surface area (Å²) >= 11 is 0. The van der Waals surface area contributed by atoms with E-state index in [2.05, 4.69) is 10.5 Å². The lowest BCUT2D eigenvalue weighted by Gasteiger charge is -2.35. The van der Waals surface area contributed by atoms with Crippen molar-refractivity contribution in [1.29, 1.82) is 0 Å². The number of allylic oxidation sites excluding steroid dienone is 1. The summed E-state index contributed by atoms with van der Waals surface area (Å²) in [6.45, 7) is 4.87. The fourth-order valence-electron chi connectivity index (χ4n) is 4.55. The molecule has 1 N–H and O–H groups in total. The zero-order chi connectivity index (χ0) is 24.6. The van der Waals surface area contributed by atoms with Crippen LogP contribution in [0.4, 0.5) is 10.5 Å². The van der Waals surface area contributed by atoms with Crippen molar-refractivity contribution in [3.63, 3.8) is 0 Å². The molecule has 1 atom stereocenters. The van der Waals surface area contributed by atoms with E-state index in [1.54, 1.807) is 4.90 Å². The Bertz CT molecular complexity index is 1460. The van der Waals surface area contributed by atoms with Crippen LogP contribution in [0.25, 0.3) is 17.0 Å². The Kier molecular flexibility index (Phi) is 5.41. The van der Waals surface area contributed by atoms with Crippen molar-refractivity contribution in [2.45, 2.75) is 19.9 Å². The second-order valence-electron chi connectivity index (χ2n) is 8.74. The standard InChI is InChI=1S/C28H24N4O4/c1-17-8-10-20(11-9-17)26-30-27(36-31-26)24-18(2)32(21-12-13-22-23(16-21)35-15-14-34-22)28(33)29-25(24)19-6-4-3-5-7-19/h3-13,16,25H,14-15H2,1-2H3,(H,29,33). The first kappa shape index (κ1) is 21.9. The van der Waals surface area contributed by atoms with E-state index in [0.29, 0.717) is 47.8 Å². The van der Waals surface area contributed by atoms with E-state index in [-0.39, 0.29) is 6.03 Å². The van der Waals surface area contributed by atoms with Crippen molar-refractivity contribution < 1.29 is 18.8 Å². The minimum Gasteiger partial charge on any atom is -0.486 e. The molecular weight excluding hydrogens is 456 g/mol. The molecule has 4 aromatic rings. The number of benzene rings is 3. The van der Waals surface area contributed by atoms with E-state index >= 15 is 0 Å². The zero-order valence-electron chi connectivity index (χ0n) is 19.9. The van der Waals surface area contributed by atoms with Crippen molar-refractivity contribution in [2.24, 2.45) is 0 Å². The number of urea groups is 1. The number of nitrogens with one attached hydrogen (secondary N) is 1. The second-order valence-corrected chi connectivity index (χ2v) is 8.74. The number of rotatable bonds is 4. The van der Waals surface area contributed by atoms with E-state index in [4.69, 9.17) is 19.0 Å². The van der Waals surface area contributed by atoms with Gasteiger partial charge in [-0.2, -0.15) is 4.98 Å². The molecule has 3 heterocycles. The highest BCUT2D eigenvalue weighted by Gasteiger charge is 2.37. The maximum atomic E-state index is 13.4. The van der Waals surface area contributed by atoms with Crippen LogP contribution in [0, 0.1) is 6.92 Å². The number of hydrogen-bond acceptors (Lipinski definition) is 6. The number of nitrogens with zero attached hydrogens (tertiary/aromatic N) is 3. The average molecular weight is 481 g/mol. The van der Waals surface area contributed by atoms with Crippen molar-refractivity contribution in [3.8, 4) is 22.9 Å². The van der Waals surface area contributed by atoms with Crippen LogP contribution in [0.2, 0.25) is 0 Å². The van der Waals surface area contributed by atoms with Crippen LogP contribution in [0.1, 0.15) is 30.0 Å². The molecule has 1 unspecified atom stereocenters. The minimum atomic E-state index is -0.460. The highest BCUT2D eigenvalue weighted by molar-refractivity contribution is 6.01. The molecule has 0 fully saturated rings. The first-order valence-electron chi connectivity index (χ1n) is 11.8. The topological polar surface area (TPSA) is 89.7 Å². The van der Waals surface area contributed by atoms with Crippen molar-refractivity contribution in [3.05, 3.63) is 95.5 Å². The first-order chi connectivity index (χ1) is 17.6. The summed E-state index contributed by atoms with van der Waals surface area (Å²) in [4.78, 5) is 19.8. The number of hydrogen-bond donors (Lipinski definition) is 1. The van der Waals surface area contributed by atoms with E-state index < -0.39 is 6.04 Å². The summed E-state index contributed by atoms with van der Waals surface area (Å²) in [6, 6.07) is 22.4. The molecule has 36 heavy (non-hydrogen) atoms. The number of carbonyl (C=O) groups excluding carboxylic acids is 1. The monoisotopic (exact) mass is 480 g/mol. The maximum absolute atomic E-state index is 13.4. The molecular formula is C28H24N4O4. The number of carbonyl (C=O) groups is 1. The van der Waals surface area contributed by atoms with Gasteiger partial charge in [-0.15, -0.1) is 0 Å². The first-order valence-corrected chi connectivity index (χ1v) is 11.8. The summed E-state index contributed by atoms with van der Waals surface area (Å²) in [5.41, 5.74) is 4.97. The van der Waals surface area contributed by atoms with Gasteiger partial charge in [0.2, 0.25) is 5.82 Å². The van der Waals surface area contributed by atoms with Crippen LogP contribution >= 0.6 is 0 Å². The molecule has 2 amide bonds. The number of aryl methyl sites for hydroxylation is 1. The molecule has 8 nitrogen and oxygen atoms in total. The van der Waals surface area contributed by atoms with Crippen LogP contribution in [0.5, 0.6) is 11.5 Å². The third-order valence-corrected chi connectivity index (χ3v) is 6.37. The molecule has 180 valence electrons. The van der Waals surface area contributed by atoms with Crippen LogP contribution in [-0.2, 0) is 0 Å². The van der Waals surface area contributed by atoms with Crippen LogP contribution in [-0.4, -0.2) is 29.4 Å². The third-order valence-electron chi connectivity index (χ3n) is 6.37. The van der Waals surface area contributed by atoms with Gasteiger partial charge in [-0.25, -0.2) is 4.79 Å². The number of ether oxygens (including phenoxy) is 2. The fraction of sp³-hybridized carbons (Fsp3) is 0.179. The summed E-state index contributed by atoms with van der Waals surface area (Å²) in [5, 5.41) is 7.37. The van der Waals surface area contributed by atoms with E-state index in [1.165, 1.54) is 0 Å². The van der Waals surface area contributed by atoms with Gasteiger partial charge < -0.3 is 19.3 Å². The quantitative estimate of drug-likeness (QED) is 0.414. The van der Waals surface area contributed by atoms with Gasteiger partial charge in [0, 0.05) is 17.3 Å². The number of amides is 2. The summed E-state index contributed by atoms with van der Waals surface area (Å²) in [7, 11) is 0. The molecule has 1 aromatic heterocycles. The molecule has 0 saturated carbocycles. The number of fused-ring (bicyclic) bond motifs is 1. The largest absolute Gasteiger partial charge is 0.486 e. The summed E-state index contributed by atoms with van der Waals surface area (Å²) in [6.07, 6.45) is 0. The Morgan fingerprint density at radius 1 is 0.917 bits per heavy atom. The zero-order valence-corrected chi connectivity index (χ0v) is 19.9. The van der Waals surface area contributed by atoms with E-state index in [1.807, 2.05) is 86.6 Å². The smallest absolute Gasteiger partial charge is 0.327 e. The molecule has 0 radical (unpaired) electrons. The third kappa shape index (κ3) is 3.86. The van der Waals surface area contributed by atoms with E-state index in [0.717, 1.165) is 22.3 Å². The molecule has 6 rings (SSSR count). The molecule has 3 aromatic carbocycles. The second kappa shape index (κ2) is 8.88. The lowest BCUT2D eigenvalue weighted by molar-refractivity contribution is 0.171. The van der Waals surface area contributed by atoms with Gasteiger partial charge in [-0.05, 0) is 31.5 Å². The van der Waals surface area contributed by atoms with Crippen molar-refractivity contribution in [2.75, 3.05) is 18.1 Å². The molecule has 0 bridgehead atoms. The van der Waals surface area contributed by atoms with Gasteiger partial charge in [0.05, 0.1) is 17.3 Å². The van der Waals surface area contributed by atoms with Gasteiger partial charge in [0.15, 0.2) is 11.5 Å². The van der Waals surface area contributed by atoms with Gasteiger partial charge in [-0.3, -0.25) is 4.90 Å². The Labute approximate surface area is 208 Å². The Hall–Kier alpha value is -4.59. The minimum absolute atomic E-state index is 0.264. The van der Waals surface area contributed by atoms with Gasteiger partial charge in [-0.1, -0.05) is 65.3 Å². The summed E-state index contributed by atoms with van der Waals surface area (Å²) in [5.74, 6) is 2.09. The van der Waals surface area contributed by atoms with Gasteiger partial charge in [0.1, 0.15) is 13.2 Å². The molecule has 0 saturated heterocycles.